The summed E-state index contributed by atoms with van der Waals surface area (Å²) >= 11 is 0. The maximum atomic E-state index is 12.4. The van der Waals surface area contributed by atoms with Crippen molar-refractivity contribution in [3.8, 4) is 0 Å². The molecule has 1 aliphatic heterocycles. The van der Waals surface area contributed by atoms with Crippen molar-refractivity contribution >= 4 is 17.3 Å². The highest BCUT2D eigenvalue weighted by Gasteiger charge is 2.19. The third-order valence-electron chi connectivity index (χ3n) is 4.29. The van der Waals surface area contributed by atoms with Crippen LogP contribution in [0.3, 0.4) is 0 Å². The molecule has 1 aromatic carbocycles. The molecule has 1 fully saturated rings. The van der Waals surface area contributed by atoms with Crippen LogP contribution in [0.4, 0.5) is 11.4 Å². The van der Waals surface area contributed by atoms with Gasteiger partial charge in [0, 0.05) is 18.8 Å². The van der Waals surface area contributed by atoms with E-state index < -0.39 is 0 Å². The van der Waals surface area contributed by atoms with E-state index in [9.17, 15) is 4.79 Å². The molecular weight excluding hydrogens is 302 g/mol. The highest BCUT2D eigenvalue weighted by Crippen LogP contribution is 2.25. The third kappa shape index (κ3) is 3.57. The van der Waals surface area contributed by atoms with Crippen LogP contribution in [0.5, 0.6) is 0 Å². The van der Waals surface area contributed by atoms with E-state index in [0.29, 0.717) is 32.0 Å². The molecule has 0 aliphatic carbocycles. The van der Waals surface area contributed by atoms with E-state index >= 15 is 0 Å². The molecule has 1 N–H and O–H groups in total. The Kier molecular flexibility index (Phi) is 5.11. The first-order valence-electron chi connectivity index (χ1n) is 8.37. The Morgan fingerprint density at radius 3 is 2.71 bits per heavy atom. The SMILES string of the molecule is CCc1cccc(C)c1Nc1ccc(C(=O)N2CCOCC2)nc1. The standard InChI is InChI=1S/C19H23N3O2/c1-3-15-6-4-5-14(2)18(15)21-16-7-8-17(20-13-16)19(23)22-9-11-24-12-10-22/h4-8,13,21H,3,9-12H2,1-2H3. The number of aryl methyl sites for hydroxylation is 2. The van der Waals surface area contributed by atoms with Gasteiger partial charge in [-0.3, -0.25) is 4.79 Å². The molecule has 0 radical (unpaired) electrons. The molecule has 5 heteroatoms. The number of aromatic nitrogens is 1. The first-order valence-corrected chi connectivity index (χ1v) is 8.37. The van der Waals surface area contributed by atoms with E-state index in [1.54, 1.807) is 17.2 Å². The van der Waals surface area contributed by atoms with Crippen LogP contribution in [0, 0.1) is 6.92 Å². The summed E-state index contributed by atoms with van der Waals surface area (Å²) in [6.45, 7) is 6.68. The van der Waals surface area contributed by atoms with Gasteiger partial charge < -0.3 is 15.0 Å². The van der Waals surface area contributed by atoms with Gasteiger partial charge in [-0.05, 0) is 36.6 Å². The lowest BCUT2D eigenvalue weighted by molar-refractivity contribution is 0.0299. The Hall–Kier alpha value is -2.40. The number of para-hydroxylation sites is 1. The average molecular weight is 325 g/mol. The molecule has 0 atom stereocenters. The summed E-state index contributed by atoms with van der Waals surface area (Å²) in [6.07, 6.45) is 2.69. The fourth-order valence-corrected chi connectivity index (χ4v) is 2.87. The van der Waals surface area contributed by atoms with Gasteiger partial charge in [-0.15, -0.1) is 0 Å². The number of amides is 1. The molecule has 1 saturated heterocycles. The van der Waals surface area contributed by atoms with Gasteiger partial charge in [-0.2, -0.15) is 0 Å². The molecule has 0 spiro atoms. The summed E-state index contributed by atoms with van der Waals surface area (Å²) < 4.78 is 5.28. The van der Waals surface area contributed by atoms with Gasteiger partial charge in [0.15, 0.2) is 0 Å². The molecule has 5 nitrogen and oxygen atoms in total. The van der Waals surface area contributed by atoms with Crippen LogP contribution in [0.2, 0.25) is 0 Å². The number of hydrogen-bond acceptors (Lipinski definition) is 4. The Bertz CT molecular complexity index is 707. The highest BCUT2D eigenvalue weighted by atomic mass is 16.5. The van der Waals surface area contributed by atoms with Gasteiger partial charge in [0.1, 0.15) is 5.69 Å². The van der Waals surface area contributed by atoms with E-state index in [-0.39, 0.29) is 5.91 Å². The molecule has 126 valence electrons. The summed E-state index contributed by atoms with van der Waals surface area (Å²) in [5.74, 6) is -0.0324. The number of nitrogens with one attached hydrogen (secondary N) is 1. The highest BCUT2D eigenvalue weighted by molar-refractivity contribution is 5.92. The van der Waals surface area contributed by atoms with Crippen LogP contribution in [-0.4, -0.2) is 42.1 Å². The van der Waals surface area contributed by atoms with E-state index in [2.05, 4.69) is 42.3 Å². The molecule has 2 aromatic rings. The summed E-state index contributed by atoms with van der Waals surface area (Å²) in [5, 5.41) is 3.43. The van der Waals surface area contributed by atoms with Crippen LogP contribution < -0.4 is 5.32 Å². The monoisotopic (exact) mass is 325 g/mol. The third-order valence-corrected chi connectivity index (χ3v) is 4.29. The van der Waals surface area contributed by atoms with Crippen molar-refractivity contribution < 1.29 is 9.53 Å². The largest absolute Gasteiger partial charge is 0.378 e. The first kappa shape index (κ1) is 16.5. The Morgan fingerprint density at radius 1 is 1.25 bits per heavy atom. The van der Waals surface area contributed by atoms with Crippen LogP contribution in [-0.2, 0) is 11.2 Å². The van der Waals surface area contributed by atoms with Crippen molar-refractivity contribution in [3.05, 3.63) is 53.3 Å². The molecule has 3 rings (SSSR count). The van der Waals surface area contributed by atoms with Crippen molar-refractivity contribution in [1.82, 2.24) is 9.88 Å². The molecule has 0 saturated carbocycles. The Labute approximate surface area is 142 Å². The lowest BCUT2D eigenvalue weighted by Gasteiger charge is -2.26. The number of anilines is 2. The van der Waals surface area contributed by atoms with E-state index in [1.165, 1.54) is 11.1 Å². The molecule has 0 unspecified atom stereocenters. The van der Waals surface area contributed by atoms with Crippen LogP contribution in [0.1, 0.15) is 28.5 Å². The maximum Gasteiger partial charge on any atom is 0.272 e. The lowest BCUT2D eigenvalue weighted by atomic mass is 10.1. The molecule has 2 heterocycles. The second-order valence-electron chi connectivity index (χ2n) is 5.92. The maximum absolute atomic E-state index is 12.4. The van der Waals surface area contributed by atoms with Crippen molar-refractivity contribution in [2.24, 2.45) is 0 Å². The Morgan fingerprint density at radius 2 is 2.04 bits per heavy atom. The first-order chi connectivity index (χ1) is 11.7. The summed E-state index contributed by atoms with van der Waals surface area (Å²) in [5.41, 5.74) is 4.95. The minimum atomic E-state index is -0.0324. The van der Waals surface area contributed by atoms with Crippen molar-refractivity contribution in [2.75, 3.05) is 31.6 Å². The number of hydrogen-bond donors (Lipinski definition) is 1. The van der Waals surface area contributed by atoms with E-state index in [1.807, 2.05) is 6.07 Å². The normalized spacial score (nSPS) is 14.5. The second kappa shape index (κ2) is 7.45. The Balaban J connectivity index is 1.74. The predicted molar refractivity (Wildman–Crippen MR) is 94.8 cm³/mol. The van der Waals surface area contributed by atoms with Gasteiger partial charge in [0.25, 0.3) is 5.91 Å². The predicted octanol–water partition coefficient (Wildman–Crippen LogP) is 3.17. The molecule has 24 heavy (non-hydrogen) atoms. The van der Waals surface area contributed by atoms with Crippen molar-refractivity contribution in [2.45, 2.75) is 20.3 Å². The molecular formula is C19H23N3O2. The van der Waals surface area contributed by atoms with Gasteiger partial charge in [0.05, 0.1) is 25.1 Å². The van der Waals surface area contributed by atoms with Gasteiger partial charge in [-0.25, -0.2) is 4.98 Å². The minimum Gasteiger partial charge on any atom is -0.378 e. The summed E-state index contributed by atoms with van der Waals surface area (Å²) in [4.78, 5) is 18.5. The zero-order chi connectivity index (χ0) is 16.9. The molecule has 1 amide bonds. The number of nitrogens with zero attached hydrogens (tertiary/aromatic N) is 2. The second-order valence-corrected chi connectivity index (χ2v) is 5.92. The zero-order valence-corrected chi connectivity index (χ0v) is 14.2. The number of pyridine rings is 1. The fraction of sp³-hybridized carbons (Fsp3) is 0.368. The van der Waals surface area contributed by atoms with Crippen LogP contribution in [0.25, 0.3) is 0 Å². The number of carbonyl (C=O) groups excluding carboxylic acids is 1. The van der Waals surface area contributed by atoms with E-state index in [4.69, 9.17) is 4.74 Å². The van der Waals surface area contributed by atoms with Crippen LogP contribution in [0.15, 0.2) is 36.5 Å². The van der Waals surface area contributed by atoms with Crippen LogP contribution >= 0.6 is 0 Å². The molecule has 1 aromatic heterocycles. The number of carbonyl (C=O) groups is 1. The topological polar surface area (TPSA) is 54.5 Å². The quantitative estimate of drug-likeness (QED) is 0.938. The van der Waals surface area contributed by atoms with E-state index in [0.717, 1.165) is 17.8 Å². The number of benzene rings is 1. The smallest absolute Gasteiger partial charge is 0.272 e. The van der Waals surface area contributed by atoms with Gasteiger partial charge >= 0.3 is 0 Å². The van der Waals surface area contributed by atoms with Crippen molar-refractivity contribution in [3.63, 3.8) is 0 Å². The lowest BCUT2D eigenvalue weighted by Crippen LogP contribution is -2.41. The fourth-order valence-electron chi connectivity index (χ4n) is 2.87. The summed E-state index contributed by atoms with van der Waals surface area (Å²) in [7, 11) is 0. The van der Waals surface area contributed by atoms with Gasteiger partial charge in [-0.1, -0.05) is 25.1 Å². The number of rotatable bonds is 4. The number of morpholine rings is 1. The number of ether oxygens (including phenoxy) is 1. The molecule has 0 bridgehead atoms. The van der Waals surface area contributed by atoms with Crippen molar-refractivity contribution in [1.29, 1.82) is 0 Å². The summed E-state index contributed by atoms with van der Waals surface area (Å²) in [6, 6.07) is 9.97. The van der Waals surface area contributed by atoms with Gasteiger partial charge in [0.2, 0.25) is 0 Å². The minimum absolute atomic E-state index is 0.0324. The zero-order valence-electron chi connectivity index (χ0n) is 14.2. The average Bonchev–Trinajstić information content (AvgIpc) is 2.64. The molecule has 1 aliphatic rings.